The maximum Gasteiger partial charge on any atom is 0.338 e. The average Bonchev–Trinajstić information content (AvgIpc) is 3.29. The van der Waals surface area contributed by atoms with Crippen LogP contribution in [-0.2, 0) is 11.2 Å². The molecule has 0 aliphatic carbocycles. The van der Waals surface area contributed by atoms with Crippen LogP contribution in [0.4, 0.5) is 0 Å². The van der Waals surface area contributed by atoms with Gasteiger partial charge in [0, 0.05) is 34.4 Å². The number of hydrogen-bond acceptors (Lipinski definition) is 5. The normalized spacial score (nSPS) is 12.2. The number of rotatable bonds is 5. The Morgan fingerprint density at radius 1 is 1.21 bits per heavy atom. The van der Waals surface area contributed by atoms with E-state index in [1.54, 1.807) is 48.8 Å². The standard InChI is InChI=1S/C20H15Cl2N3O3/c1-11(6-18-23-4-5-24-18)27-20(26)12-2-3-16-17(9-12)28-19(25-16)13-7-14(21)10-15(22)8-13/h2-5,7-11H,6H2,1H3,(H,23,24). The molecule has 0 radical (unpaired) electrons. The molecule has 2 heterocycles. The van der Waals surface area contributed by atoms with Crippen LogP contribution >= 0.6 is 23.2 Å². The topological polar surface area (TPSA) is 81.0 Å². The van der Waals surface area contributed by atoms with Crippen molar-refractivity contribution in [2.24, 2.45) is 0 Å². The monoisotopic (exact) mass is 415 g/mol. The maximum absolute atomic E-state index is 12.4. The number of aromatic amines is 1. The Hall–Kier alpha value is -2.83. The Labute approximate surface area is 170 Å². The Morgan fingerprint density at radius 2 is 2.00 bits per heavy atom. The predicted octanol–water partition coefficient (Wildman–Crippen LogP) is 5.31. The van der Waals surface area contributed by atoms with Gasteiger partial charge in [-0.3, -0.25) is 0 Å². The number of H-pyrrole nitrogens is 1. The molecule has 0 saturated carbocycles. The van der Waals surface area contributed by atoms with Crippen molar-refractivity contribution in [3.8, 4) is 11.5 Å². The molecule has 0 spiro atoms. The summed E-state index contributed by atoms with van der Waals surface area (Å²) in [6.45, 7) is 1.81. The molecule has 4 aromatic rings. The molecule has 4 rings (SSSR count). The SMILES string of the molecule is CC(Cc1ncc[nH]1)OC(=O)c1ccc2nc(-c3cc(Cl)cc(Cl)c3)oc2c1. The molecule has 0 bridgehead atoms. The van der Waals surface area contributed by atoms with Crippen molar-refractivity contribution in [3.05, 3.63) is 70.2 Å². The van der Waals surface area contributed by atoms with Crippen molar-refractivity contribution in [2.45, 2.75) is 19.4 Å². The largest absolute Gasteiger partial charge is 0.459 e. The van der Waals surface area contributed by atoms with E-state index in [2.05, 4.69) is 15.0 Å². The summed E-state index contributed by atoms with van der Waals surface area (Å²) in [5, 5.41) is 0.971. The number of imidazole rings is 1. The molecule has 2 aromatic heterocycles. The summed E-state index contributed by atoms with van der Waals surface area (Å²) in [7, 11) is 0. The number of carbonyl (C=O) groups excluding carboxylic acids is 1. The van der Waals surface area contributed by atoms with Gasteiger partial charge >= 0.3 is 5.97 Å². The average molecular weight is 416 g/mol. The summed E-state index contributed by atoms with van der Waals surface area (Å²) >= 11 is 12.1. The summed E-state index contributed by atoms with van der Waals surface area (Å²) in [6.07, 6.45) is 3.56. The van der Waals surface area contributed by atoms with E-state index in [-0.39, 0.29) is 6.10 Å². The fraction of sp³-hybridized carbons (Fsp3) is 0.150. The van der Waals surface area contributed by atoms with Crippen LogP contribution in [0.15, 0.2) is 53.2 Å². The fourth-order valence-electron chi connectivity index (χ4n) is 2.83. The van der Waals surface area contributed by atoms with Gasteiger partial charge in [-0.1, -0.05) is 23.2 Å². The molecule has 0 amide bonds. The van der Waals surface area contributed by atoms with E-state index in [1.807, 2.05) is 6.92 Å². The van der Waals surface area contributed by atoms with Crippen molar-refractivity contribution in [2.75, 3.05) is 0 Å². The van der Waals surface area contributed by atoms with Gasteiger partial charge in [-0.2, -0.15) is 0 Å². The lowest BCUT2D eigenvalue weighted by atomic mass is 10.2. The first-order chi connectivity index (χ1) is 13.5. The summed E-state index contributed by atoms with van der Waals surface area (Å²) < 4.78 is 11.3. The van der Waals surface area contributed by atoms with Gasteiger partial charge in [-0.25, -0.2) is 14.8 Å². The number of benzene rings is 2. The van der Waals surface area contributed by atoms with Gasteiger partial charge in [0.15, 0.2) is 5.58 Å². The zero-order valence-electron chi connectivity index (χ0n) is 14.8. The van der Waals surface area contributed by atoms with Crippen molar-refractivity contribution in [1.29, 1.82) is 0 Å². The minimum Gasteiger partial charge on any atom is -0.459 e. The lowest BCUT2D eigenvalue weighted by Crippen LogP contribution is -2.18. The highest BCUT2D eigenvalue weighted by Crippen LogP contribution is 2.29. The van der Waals surface area contributed by atoms with Crippen LogP contribution in [0.1, 0.15) is 23.1 Å². The number of aromatic nitrogens is 3. The van der Waals surface area contributed by atoms with Crippen molar-refractivity contribution < 1.29 is 13.9 Å². The maximum atomic E-state index is 12.4. The first-order valence-corrected chi connectivity index (χ1v) is 9.30. The zero-order chi connectivity index (χ0) is 19.7. The van der Waals surface area contributed by atoms with Gasteiger partial charge in [-0.15, -0.1) is 0 Å². The highest BCUT2D eigenvalue weighted by atomic mass is 35.5. The quantitative estimate of drug-likeness (QED) is 0.446. The Bertz CT molecular complexity index is 1120. The number of esters is 1. The molecule has 8 heteroatoms. The lowest BCUT2D eigenvalue weighted by Gasteiger charge is -2.11. The fourth-order valence-corrected chi connectivity index (χ4v) is 3.35. The van der Waals surface area contributed by atoms with Crippen molar-refractivity contribution in [3.63, 3.8) is 0 Å². The van der Waals surface area contributed by atoms with E-state index in [0.29, 0.717) is 44.6 Å². The van der Waals surface area contributed by atoms with E-state index in [0.717, 1.165) is 5.82 Å². The molecule has 1 atom stereocenters. The summed E-state index contributed by atoms with van der Waals surface area (Å²) in [6, 6.07) is 10.0. The molecule has 2 aromatic carbocycles. The van der Waals surface area contributed by atoms with Gasteiger partial charge in [0.1, 0.15) is 17.4 Å². The van der Waals surface area contributed by atoms with Gasteiger partial charge in [0.2, 0.25) is 5.89 Å². The molecule has 0 saturated heterocycles. The molecule has 0 aliphatic rings. The van der Waals surface area contributed by atoms with Crippen LogP contribution in [0.3, 0.4) is 0 Å². The highest BCUT2D eigenvalue weighted by molar-refractivity contribution is 6.35. The highest BCUT2D eigenvalue weighted by Gasteiger charge is 2.16. The number of fused-ring (bicyclic) bond motifs is 1. The van der Waals surface area contributed by atoms with E-state index in [1.165, 1.54) is 0 Å². The third-order valence-electron chi connectivity index (χ3n) is 4.08. The zero-order valence-corrected chi connectivity index (χ0v) is 16.3. The molecule has 28 heavy (non-hydrogen) atoms. The summed E-state index contributed by atoms with van der Waals surface area (Å²) in [5.41, 5.74) is 2.13. The van der Waals surface area contributed by atoms with Crippen molar-refractivity contribution >= 4 is 40.3 Å². The molecule has 0 fully saturated rings. The van der Waals surface area contributed by atoms with Gasteiger partial charge in [0.25, 0.3) is 0 Å². The van der Waals surface area contributed by atoms with E-state index >= 15 is 0 Å². The minimum atomic E-state index is -0.440. The third-order valence-corrected chi connectivity index (χ3v) is 4.51. The van der Waals surface area contributed by atoms with E-state index < -0.39 is 5.97 Å². The number of nitrogens with zero attached hydrogens (tertiary/aromatic N) is 2. The van der Waals surface area contributed by atoms with Crippen LogP contribution in [-0.4, -0.2) is 27.0 Å². The third kappa shape index (κ3) is 4.03. The Kier molecular flexibility index (Phi) is 5.07. The first kappa shape index (κ1) is 18.5. The van der Waals surface area contributed by atoms with Crippen LogP contribution < -0.4 is 0 Å². The summed E-state index contributed by atoms with van der Waals surface area (Å²) in [5.74, 6) is 0.691. The molecule has 1 N–H and O–H groups in total. The number of carbonyl (C=O) groups is 1. The Morgan fingerprint density at radius 3 is 2.71 bits per heavy atom. The minimum absolute atomic E-state index is 0.326. The number of halogens is 2. The second kappa shape index (κ2) is 7.66. The Balaban J connectivity index is 1.55. The van der Waals surface area contributed by atoms with Crippen LogP contribution in [0.2, 0.25) is 10.0 Å². The summed E-state index contributed by atoms with van der Waals surface area (Å²) in [4.78, 5) is 24.0. The van der Waals surface area contributed by atoms with Crippen LogP contribution in [0, 0.1) is 0 Å². The molecule has 1 unspecified atom stereocenters. The van der Waals surface area contributed by atoms with E-state index in [4.69, 9.17) is 32.4 Å². The lowest BCUT2D eigenvalue weighted by molar-refractivity contribution is 0.0339. The second-order valence-corrected chi connectivity index (χ2v) is 7.19. The molecular formula is C20H15Cl2N3O3. The van der Waals surface area contributed by atoms with Crippen LogP contribution in [0.25, 0.3) is 22.6 Å². The van der Waals surface area contributed by atoms with Crippen molar-refractivity contribution in [1.82, 2.24) is 15.0 Å². The van der Waals surface area contributed by atoms with E-state index in [9.17, 15) is 4.79 Å². The number of nitrogens with one attached hydrogen (secondary N) is 1. The first-order valence-electron chi connectivity index (χ1n) is 8.54. The molecular weight excluding hydrogens is 401 g/mol. The van der Waals surface area contributed by atoms with Gasteiger partial charge in [0.05, 0.1) is 5.56 Å². The molecule has 142 valence electrons. The smallest absolute Gasteiger partial charge is 0.338 e. The number of hydrogen-bond donors (Lipinski definition) is 1. The van der Waals surface area contributed by atoms with Crippen LogP contribution in [0.5, 0.6) is 0 Å². The number of ether oxygens (including phenoxy) is 1. The molecule has 0 aliphatic heterocycles. The second-order valence-electron chi connectivity index (χ2n) is 6.32. The molecule has 6 nitrogen and oxygen atoms in total. The predicted molar refractivity (Wildman–Crippen MR) is 107 cm³/mol. The number of oxazole rings is 1. The van der Waals surface area contributed by atoms with Gasteiger partial charge < -0.3 is 14.1 Å². The van der Waals surface area contributed by atoms with Gasteiger partial charge in [-0.05, 0) is 43.3 Å².